The Labute approximate surface area is 114 Å². The van der Waals surface area contributed by atoms with Crippen molar-refractivity contribution in [1.82, 2.24) is 9.88 Å². The van der Waals surface area contributed by atoms with Crippen molar-refractivity contribution in [1.29, 1.82) is 0 Å². The quantitative estimate of drug-likeness (QED) is 0.884. The summed E-state index contributed by atoms with van der Waals surface area (Å²) in [6.07, 6.45) is 2.55. The molecule has 2 N–H and O–H groups in total. The lowest BCUT2D eigenvalue weighted by molar-refractivity contribution is 0.288. The Hall–Kier alpha value is -1.49. The van der Waals surface area contributed by atoms with E-state index in [1.807, 2.05) is 12.1 Å². The highest BCUT2D eigenvalue weighted by atomic mass is 16.5. The van der Waals surface area contributed by atoms with Crippen LogP contribution in [-0.2, 0) is 0 Å². The molecule has 3 rings (SSSR count). The van der Waals surface area contributed by atoms with E-state index in [2.05, 4.69) is 21.8 Å². The van der Waals surface area contributed by atoms with Gasteiger partial charge in [0.25, 0.3) is 0 Å². The van der Waals surface area contributed by atoms with Gasteiger partial charge in [-0.15, -0.1) is 0 Å². The Balaban J connectivity index is 1.68. The smallest absolute Gasteiger partial charge is 0.239 e. The third-order valence-corrected chi connectivity index (χ3v) is 3.85. The van der Waals surface area contributed by atoms with Crippen LogP contribution in [0.4, 0.5) is 11.5 Å². The van der Waals surface area contributed by atoms with Crippen molar-refractivity contribution in [3.8, 4) is 5.88 Å². The Morgan fingerprint density at radius 2 is 2.00 bits per heavy atom. The van der Waals surface area contributed by atoms with Gasteiger partial charge in [-0.25, -0.2) is 0 Å². The molecule has 0 radical (unpaired) electrons. The first-order chi connectivity index (χ1) is 9.22. The Kier molecular flexibility index (Phi) is 3.46. The third kappa shape index (κ3) is 3.10. The molecule has 0 amide bonds. The molecule has 5 nitrogen and oxygen atoms in total. The number of anilines is 2. The van der Waals surface area contributed by atoms with Gasteiger partial charge in [-0.3, -0.25) is 0 Å². The van der Waals surface area contributed by atoms with Crippen LogP contribution < -0.4 is 15.4 Å². The number of pyridine rings is 1. The Bertz CT molecular complexity index is 439. The fourth-order valence-corrected chi connectivity index (χ4v) is 2.25. The average Bonchev–Trinajstić information content (AvgIpc) is 3.23. The van der Waals surface area contributed by atoms with E-state index in [4.69, 9.17) is 10.5 Å². The van der Waals surface area contributed by atoms with Gasteiger partial charge in [-0.1, -0.05) is 0 Å². The summed E-state index contributed by atoms with van der Waals surface area (Å²) in [7, 11) is 2.15. The van der Waals surface area contributed by atoms with Crippen LogP contribution in [0.1, 0.15) is 12.8 Å². The van der Waals surface area contributed by atoms with Crippen LogP contribution in [0.25, 0.3) is 0 Å². The van der Waals surface area contributed by atoms with Gasteiger partial charge in [0.05, 0.1) is 12.3 Å². The van der Waals surface area contributed by atoms with E-state index >= 15 is 0 Å². The zero-order valence-electron chi connectivity index (χ0n) is 11.5. The molecule has 19 heavy (non-hydrogen) atoms. The van der Waals surface area contributed by atoms with Crippen molar-refractivity contribution >= 4 is 11.5 Å². The van der Waals surface area contributed by atoms with Crippen molar-refractivity contribution in [2.75, 3.05) is 50.5 Å². The van der Waals surface area contributed by atoms with Gasteiger partial charge >= 0.3 is 0 Å². The molecule has 0 bridgehead atoms. The highest BCUT2D eigenvalue weighted by Gasteiger charge is 2.23. The van der Waals surface area contributed by atoms with E-state index in [0.29, 0.717) is 17.5 Å². The lowest BCUT2D eigenvalue weighted by atomic mass is 10.3. The van der Waals surface area contributed by atoms with E-state index in [1.54, 1.807) is 0 Å². The van der Waals surface area contributed by atoms with Crippen LogP contribution in [0, 0.1) is 5.92 Å². The molecular formula is C14H22N4O. The van der Waals surface area contributed by atoms with Gasteiger partial charge in [0, 0.05) is 26.2 Å². The van der Waals surface area contributed by atoms with Crippen LogP contribution >= 0.6 is 0 Å². The topological polar surface area (TPSA) is 54.6 Å². The first-order valence-corrected chi connectivity index (χ1v) is 7.05. The molecule has 104 valence electrons. The largest absolute Gasteiger partial charge is 0.476 e. The minimum absolute atomic E-state index is 0.600. The van der Waals surface area contributed by atoms with E-state index in [0.717, 1.165) is 38.6 Å². The second-order valence-electron chi connectivity index (χ2n) is 5.61. The summed E-state index contributed by atoms with van der Waals surface area (Å²) >= 11 is 0. The maximum Gasteiger partial charge on any atom is 0.239 e. The molecular weight excluding hydrogens is 240 g/mol. The molecule has 1 saturated heterocycles. The molecule has 1 aromatic heterocycles. The second kappa shape index (κ2) is 5.25. The number of nitrogens with two attached hydrogens (primary N) is 1. The summed E-state index contributed by atoms with van der Waals surface area (Å²) in [5.74, 6) is 2.30. The summed E-state index contributed by atoms with van der Waals surface area (Å²) in [5.41, 5.74) is 6.57. The van der Waals surface area contributed by atoms with E-state index in [-0.39, 0.29) is 0 Å². The monoisotopic (exact) mass is 262 g/mol. The molecule has 2 aliphatic rings. The molecule has 1 aromatic rings. The summed E-state index contributed by atoms with van der Waals surface area (Å²) in [6, 6.07) is 3.90. The molecule has 0 unspecified atom stereocenters. The third-order valence-electron chi connectivity index (χ3n) is 3.85. The predicted molar refractivity (Wildman–Crippen MR) is 76.6 cm³/mol. The van der Waals surface area contributed by atoms with Crippen molar-refractivity contribution in [3.05, 3.63) is 12.1 Å². The number of piperazine rings is 1. The fraction of sp³-hybridized carbons (Fsp3) is 0.643. The van der Waals surface area contributed by atoms with Crippen LogP contribution in [0.5, 0.6) is 5.88 Å². The standard InChI is InChI=1S/C14H22N4O/c1-17-6-8-18(9-7-17)13-5-4-12(15)14(16-13)19-10-11-2-3-11/h4-5,11H,2-3,6-10,15H2,1H3. The van der Waals surface area contributed by atoms with Crippen molar-refractivity contribution in [2.45, 2.75) is 12.8 Å². The summed E-state index contributed by atoms with van der Waals surface area (Å²) in [4.78, 5) is 9.21. The number of hydrogen-bond donors (Lipinski definition) is 1. The summed E-state index contributed by atoms with van der Waals surface area (Å²) in [5, 5.41) is 0. The maximum atomic E-state index is 5.93. The SMILES string of the molecule is CN1CCN(c2ccc(N)c(OCC3CC3)n2)CC1. The van der Waals surface area contributed by atoms with E-state index in [1.165, 1.54) is 12.8 Å². The van der Waals surface area contributed by atoms with Crippen LogP contribution in [0.3, 0.4) is 0 Å². The van der Waals surface area contributed by atoms with Gasteiger partial charge in [-0.2, -0.15) is 4.98 Å². The molecule has 2 heterocycles. The van der Waals surface area contributed by atoms with Crippen LogP contribution in [0.2, 0.25) is 0 Å². The van der Waals surface area contributed by atoms with Gasteiger partial charge in [0.1, 0.15) is 5.82 Å². The number of rotatable bonds is 4. The second-order valence-corrected chi connectivity index (χ2v) is 5.61. The van der Waals surface area contributed by atoms with Gasteiger partial charge in [0.2, 0.25) is 5.88 Å². The first kappa shape index (κ1) is 12.5. The highest BCUT2D eigenvalue weighted by Crippen LogP contribution is 2.31. The van der Waals surface area contributed by atoms with Crippen molar-refractivity contribution < 1.29 is 4.74 Å². The lowest BCUT2D eigenvalue weighted by Gasteiger charge is -2.33. The molecule has 5 heteroatoms. The van der Waals surface area contributed by atoms with Crippen LogP contribution in [-0.4, -0.2) is 49.7 Å². The number of hydrogen-bond acceptors (Lipinski definition) is 5. The molecule has 1 saturated carbocycles. The Morgan fingerprint density at radius 3 is 2.68 bits per heavy atom. The molecule has 0 atom stereocenters. The Morgan fingerprint density at radius 1 is 1.26 bits per heavy atom. The molecule has 2 fully saturated rings. The van der Waals surface area contributed by atoms with Crippen molar-refractivity contribution in [2.24, 2.45) is 5.92 Å². The maximum absolute atomic E-state index is 5.93. The summed E-state index contributed by atoms with van der Waals surface area (Å²) in [6.45, 7) is 4.92. The van der Waals surface area contributed by atoms with Crippen LogP contribution in [0.15, 0.2) is 12.1 Å². The fourth-order valence-electron chi connectivity index (χ4n) is 2.25. The molecule has 0 aromatic carbocycles. The normalized spacial score (nSPS) is 20.6. The van der Waals surface area contributed by atoms with E-state index < -0.39 is 0 Å². The van der Waals surface area contributed by atoms with Gasteiger partial charge in [0.15, 0.2) is 0 Å². The molecule has 0 spiro atoms. The zero-order valence-corrected chi connectivity index (χ0v) is 11.5. The van der Waals surface area contributed by atoms with Gasteiger partial charge in [-0.05, 0) is 37.9 Å². The zero-order chi connectivity index (χ0) is 13.2. The lowest BCUT2D eigenvalue weighted by Crippen LogP contribution is -2.44. The average molecular weight is 262 g/mol. The molecule has 1 aliphatic carbocycles. The number of aromatic nitrogens is 1. The minimum atomic E-state index is 0.600. The van der Waals surface area contributed by atoms with E-state index in [9.17, 15) is 0 Å². The van der Waals surface area contributed by atoms with Crippen molar-refractivity contribution in [3.63, 3.8) is 0 Å². The first-order valence-electron chi connectivity index (χ1n) is 7.05. The molecule has 1 aliphatic heterocycles. The number of ether oxygens (including phenoxy) is 1. The van der Waals surface area contributed by atoms with Gasteiger partial charge < -0.3 is 20.3 Å². The number of nitrogen functional groups attached to an aromatic ring is 1. The summed E-state index contributed by atoms with van der Waals surface area (Å²) < 4.78 is 5.74. The minimum Gasteiger partial charge on any atom is -0.476 e. The highest BCUT2D eigenvalue weighted by molar-refractivity contribution is 5.54. The number of nitrogens with zero attached hydrogens (tertiary/aromatic N) is 3. The predicted octanol–water partition coefficient (Wildman–Crippen LogP) is 1.20. The number of likely N-dealkylation sites (N-methyl/N-ethyl adjacent to an activating group) is 1.